The summed E-state index contributed by atoms with van der Waals surface area (Å²) in [6.07, 6.45) is 3.91. The van der Waals surface area contributed by atoms with Gasteiger partial charge < -0.3 is 5.11 Å². The topological polar surface area (TPSA) is 23.5 Å². The lowest BCUT2D eigenvalue weighted by atomic mass is 9.90. The van der Waals surface area contributed by atoms with E-state index in [1.54, 1.807) is 0 Å². The molecule has 1 fully saturated rings. The normalized spacial score (nSPS) is 17.7. The molecule has 0 aliphatic heterocycles. The molecule has 1 aromatic rings. The van der Waals surface area contributed by atoms with E-state index in [2.05, 4.69) is 47.9 Å². The molecule has 1 N–H and O–H groups in total. The number of aliphatic hydroxyl groups is 1. The molecule has 1 atom stereocenters. The molecule has 1 aliphatic carbocycles. The minimum Gasteiger partial charge on any atom is -0.395 e. The standard InChI is InChI=1S/C15H23NOS/c17-10-9-16(15-7-4-8-15)11-14(12-18)13-5-2-1-3-6-13/h1-3,5-6,14-15,17-18H,4,7-12H2. The van der Waals surface area contributed by atoms with E-state index in [1.807, 2.05) is 0 Å². The molecular formula is C15H23NOS. The second kappa shape index (κ2) is 7.17. The Hall–Kier alpha value is -0.510. The van der Waals surface area contributed by atoms with Crippen LogP contribution in [0.3, 0.4) is 0 Å². The average Bonchev–Trinajstić information content (AvgIpc) is 2.35. The fraction of sp³-hybridized carbons (Fsp3) is 0.600. The molecule has 100 valence electrons. The number of rotatable bonds is 7. The van der Waals surface area contributed by atoms with Gasteiger partial charge in [0, 0.05) is 25.0 Å². The molecule has 0 bridgehead atoms. The van der Waals surface area contributed by atoms with Gasteiger partial charge >= 0.3 is 0 Å². The van der Waals surface area contributed by atoms with Crippen molar-refractivity contribution in [2.24, 2.45) is 0 Å². The van der Waals surface area contributed by atoms with E-state index in [0.717, 1.165) is 18.8 Å². The second-order valence-electron chi connectivity index (χ2n) is 5.09. The van der Waals surface area contributed by atoms with Gasteiger partial charge in [-0.25, -0.2) is 0 Å². The van der Waals surface area contributed by atoms with Crippen molar-refractivity contribution in [3.63, 3.8) is 0 Å². The third kappa shape index (κ3) is 3.50. The maximum Gasteiger partial charge on any atom is 0.0558 e. The third-order valence-electron chi connectivity index (χ3n) is 3.92. The van der Waals surface area contributed by atoms with Gasteiger partial charge in [-0.3, -0.25) is 4.90 Å². The van der Waals surface area contributed by atoms with Gasteiger partial charge in [0.25, 0.3) is 0 Å². The van der Waals surface area contributed by atoms with Crippen molar-refractivity contribution in [3.05, 3.63) is 35.9 Å². The summed E-state index contributed by atoms with van der Waals surface area (Å²) >= 11 is 4.50. The molecule has 0 spiro atoms. The first-order chi connectivity index (χ1) is 8.85. The van der Waals surface area contributed by atoms with Crippen LogP contribution >= 0.6 is 12.6 Å². The van der Waals surface area contributed by atoms with Crippen molar-refractivity contribution in [1.82, 2.24) is 4.90 Å². The molecule has 3 heteroatoms. The van der Waals surface area contributed by atoms with Crippen LogP contribution in [0.5, 0.6) is 0 Å². The van der Waals surface area contributed by atoms with Gasteiger partial charge in [-0.15, -0.1) is 0 Å². The zero-order valence-electron chi connectivity index (χ0n) is 10.8. The third-order valence-corrected chi connectivity index (χ3v) is 4.37. The summed E-state index contributed by atoms with van der Waals surface area (Å²) < 4.78 is 0. The van der Waals surface area contributed by atoms with E-state index >= 15 is 0 Å². The Kier molecular flexibility index (Phi) is 5.54. The average molecular weight is 265 g/mol. The molecule has 1 unspecified atom stereocenters. The summed E-state index contributed by atoms with van der Waals surface area (Å²) in [6, 6.07) is 11.3. The van der Waals surface area contributed by atoms with Crippen LogP contribution in [0.1, 0.15) is 30.7 Å². The van der Waals surface area contributed by atoms with Gasteiger partial charge in [-0.1, -0.05) is 36.8 Å². The van der Waals surface area contributed by atoms with E-state index in [1.165, 1.54) is 24.8 Å². The minimum atomic E-state index is 0.255. The lowest BCUT2D eigenvalue weighted by molar-refractivity contribution is 0.0969. The second-order valence-corrected chi connectivity index (χ2v) is 5.46. The SMILES string of the molecule is OCCN(CC(CS)c1ccccc1)C1CCC1. The summed E-state index contributed by atoms with van der Waals surface area (Å²) in [5, 5.41) is 9.20. The number of thiol groups is 1. The Labute approximate surface area is 115 Å². The van der Waals surface area contributed by atoms with Crippen LogP contribution in [0.2, 0.25) is 0 Å². The molecule has 0 heterocycles. The predicted molar refractivity (Wildman–Crippen MR) is 79.3 cm³/mol. The molecule has 1 aromatic carbocycles. The van der Waals surface area contributed by atoms with E-state index in [4.69, 9.17) is 0 Å². The fourth-order valence-corrected chi connectivity index (χ4v) is 2.91. The Bertz CT molecular complexity index is 340. The number of hydrogen-bond donors (Lipinski definition) is 2. The Morgan fingerprint density at radius 2 is 2.00 bits per heavy atom. The van der Waals surface area contributed by atoms with Gasteiger partial charge in [0.15, 0.2) is 0 Å². The van der Waals surface area contributed by atoms with E-state index in [9.17, 15) is 5.11 Å². The van der Waals surface area contributed by atoms with E-state index < -0.39 is 0 Å². The molecular weight excluding hydrogens is 242 g/mol. The molecule has 2 nitrogen and oxygen atoms in total. The van der Waals surface area contributed by atoms with Crippen molar-refractivity contribution < 1.29 is 5.11 Å². The first kappa shape index (κ1) is 13.9. The highest BCUT2D eigenvalue weighted by molar-refractivity contribution is 7.80. The summed E-state index contributed by atoms with van der Waals surface area (Å²) in [7, 11) is 0. The number of benzene rings is 1. The van der Waals surface area contributed by atoms with Crippen LogP contribution < -0.4 is 0 Å². The molecule has 1 aliphatic rings. The van der Waals surface area contributed by atoms with Crippen molar-refractivity contribution in [1.29, 1.82) is 0 Å². The summed E-state index contributed by atoms with van der Waals surface area (Å²) in [4.78, 5) is 2.44. The van der Waals surface area contributed by atoms with Crippen LogP contribution in [-0.2, 0) is 0 Å². The number of nitrogens with zero attached hydrogens (tertiary/aromatic N) is 1. The molecule has 0 radical (unpaired) electrons. The Morgan fingerprint density at radius 3 is 2.50 bits per heavy atom. The number of aliphatic hydroxyl groups excluding tert-OH is 1. The zero-order chi connectivity index (χ0) is 12.8. The largest absolute Gasteiger partial charge is 0.395 e. The lowest BCUT2D eigenvalue weighted by Gasteiger charge is -2.39. The quantitative estimate of drug-likeness (QED) is 0.740. The highest BCUT2D eigenvalue weighted by Crippen LogP contribution is 2.27. The van der Waals surface area contributed by atoms with Crippen LogP contribution in [-0.4, -0.2) is 41.5 Å². The van der Waals surface area contributed by atoms with Crippen LogP contribution in [0.4, 0.5) is 0 Å². The van der Waals surface area contributed by atoms with Gasteiger partial charge in [-0.2, -0.15) is 12.6 Å². The lowest BCUT2D eigenvalue weighted by Crippen LogP contribution is -2.44. The first-order valence-corrected chi connectivity index (χ1v) is 7.49. The maximum absolute atomic E-state index is 9.20. The van der Waals surface area contributed by atoms with E-state index in [-0.39, 0.29) is 6.61 Å². The molecule has 18 heavy (non-hydrogen) atoms. The molecule has 0 aromatic heterocycles. The Morgan fingerprint density at radius 1 is 1.28 bits per heavy atom. The van der Waals surface area contributed by atoms with Crippen molar-refractivity contribution >= 4 is 12.6 Å². The highest BCUT2D eigenvalue weighted by atomic mass is 32.1. The fourth-order valence-electron chi connectivity index (χ4n) is 2.58. The zero-order valence-corrected chi connectivity index (χ0v) is 11.7. The summed E-state index contributed by atoms with van der Waals surface area (Å²) in [5.74, 6) is 1.32. The molecule has 0 amide bonds. The predicted octanol–water partition coefficient (Wildman–Crippen LogP) is 2.55. The molecule has 0 saturated heterocycles. The number of hydrogen-bond acceptors (Lipinski definition) is 3. The van der Waals surface area contributed by atoms with Crippen LogP contribution in [0, 0.1) is 0 Å². The smallest absolute Gasteiger partial charge is 0.0558 e. The van der Waals surface area contributed by atoms with Crippen LogP contribution in [0.25, 0.3) is 0 Å². The summed E-state index contributed by atoms with van der Waals surface area (Å²) in [6.45, 7) is 2.06. The summed E-state index contributed by atoms with van der Waals surface area (Å²) in [5.41, 5.74) is 1.36. The Balaban J connectivity index is 1.99. The van der Waals surface area contributed by atoms with Gasteiger partial charge in [0.2, 0.25) is 0 Å². The van der Waals surface area contributed by atoms with Gasteiger partial charge in [0.05, 0.1) is 6.61 Å². The maximum atomic E-state index is 9.20. The first-order valence-electron chi connectivity index (χ1n) is 6.86. The van der Waals surface area contributed by atoms with Crippen molar-refractivity contribution in [3.8, 4) is 0 Å². The molecule has 2 rings (SSSR count). The van der Waals surface area contributed by atoms with E-state index in [0.29, 0.717) is 12.0 Å². The van der Waals surface area contributed by atoms with Crippen molar-refractivity contribution in [2.45, 2.75) is 31.2 Å². The monoisotopic (exact) mass is 265 g/mol. The molecule has 1 saturated carbocycles. The van der Waals surface area contributed by atoms with Crippen LogP contribution in [0.15, 0.2) is 30.3 Å². The van der Waals surface area contributed by atoms with Crippen molar-refractivity contribution in [2.75, 3.05) is 25.4 Å². The minimum absolute atomic E-state index is 0.255. The van der Waals surface area contributed by atoms with Gasteiger partial charge in [-0.05, 0) is 24.2 Å². The van der Waals surface area contributed by atoms with Gasteiger partial charge in [0.1, 0.15) is 0 Å². The highest BCUT2D eigenvalue weighted by Gasteiger charge is 2.26.